The molecule has 1 N–H and O–H groups in total. The lowest BCUT2D eigenvalue weighted by Gasteiger charge is -2.24. The van der Waals surface area contributed by atoms with Gasteiger partial charge in [0.2, 0.25) is 5.91 Å². The summed E-state index contributed by atoms with van der Waals surface area (Å²) in [6.45, 7) is 8.06. The molecule has 1 amide bonds. The molecule has 0 fully saturated rings. The van der Waals surface area contributed by atoms with Crippen LogP contribution in [-0.2, 0) is 16.8 Å². The Bertz CT molecular complexity index is 982. The van der Waals surface area contributed by atoms with E-state index in [1.54, 1.807) is 12.3 Å². The van der Waals surface area contributed by atoms with E-state index in [1.807, 2.05) is 61.2 Å². The molecule has 0 radical (unpaired) electrons. The number of hydrogen-bond donors (Lipinski definition) is 1. The zero-order valence-electron chi connectivity index (χ0n) is 14.9. The highest BCUT2D eigenvalue weighted by molar-refractivity contribution is 5.91. The Hall–Kier alpha value is -3.07. The van der Waals surface area contributed by atoms with Gasteiger partial charge in [0.15, 0.2) is 0 Å². The molecule has 0 saturated carbocycles. The van der Waals surface area contributed by atoms with Crippen LogP contribution in [0.2, 0.25) is 0 Å². The molecule has 3 aromatic heterocycles. The summed E-state index contributed by atoms with van der Waals surface area (Å²) in [5, 5.41) is 12.0. The van der Waals surface area contributed by atoms with E-state index in [-0.39, 0.29) is 17.9 Å². The van der Waals surface area contributed by atoms with Gasteiger partial charge in [0, 0.05) is 24.1 Å². The van der Waals surface area contributed by atoms with Crippen LogP contribution in [0.4, 0.5) is 5.82 Å². The first-order valence-corrected chi connectivity index (χ1v) is 8.14. The van der Waals surface area contributed by atoms with Gasteiger partial charge >= 0.3 is 0 Å². The van der Waals surface area contributed by atoms with Gasteiger partial charge in [0.1, 0.15) is 17.5 Å². The molecule has 0 aromatic carbocycles. The Morgan fingerprint density at radius 1 is 1.36 bits per heavy atom. The fourth-order valence-corrected chi connectivity index (χ4v) is 2.82. The Kier molecular flexibility index (Phi) is 4.09. The number of carbonyl (C=O) groups excluding carboxylic acids is 1. The normalized spacial score (nSPS) is 11.5. The van der Waals surface area contributed by atoms with Crippen LogP contribution in [-0.4, -0.2) is 19.9 Å². The summed E-state index contributed by atoms with van der Waals surface area (Å²) in [6, 6.07) is 7.75. The van der Waals surface area contributed by atoms with E-state index >= 15 is 0 Å². The minimum absolute atomic E-state index is 0.158. The third kappa shape index (κ3) is 3.41. The number of nitrogens with zero attached hydrogens (tertiary/aromatic N) is 4. The van der Waals surface area contributed by atoms with Crippen LogP contribution in [0.15, 0.2) is 36.8 Å². The molecule has 6 nitrogen and oxygen atoms in total. The topological polar surface area (TPSA) is 75.1 Å². The van der Waals surface area contributed by atoms with Gasteiger partial charge in [-0.3, -0.25) is 4.79 Å². The highest BCUT2D eigenvalue weighted by atomic mass is 16.1. The number of aryl methyl sites for hydroxylation is 1. The number of imidazole rings is 1. The zero-order valence-corrected chi connectivity index (χ0v) is 14.9. The van der Waals surface area contributed by atoms with Gasteiger partial charge in [-0.15, -0.1) is 0 Å². The minimum atomic E-state index is -0.238. The summed E-state index contributed by atoms with van der Waals surface area (Å²) in [7, 11) is 0. The lowest BCUT2D eigenvalue weighted by atomic mass is 10.1. The lowest BCUT2D eigenvalue weighted by molar-refractivity contribution is -0.115. The fourth-order valence-electron chi connectivity index (χ4n) is 2.82. The van der Waals surface area contributed by atoms with Gasteiger partial charge < -0.3 is 14.3 Å². The molecule has 0 bridgehead atoms. The first kappa shape index (κ1) is 16.8. The molecular formula is C19H21N5O. The second-order valence-corrected chi connectivity index (χ2v) is 7.15. The SMILES string of the molecule is Cc1cccn2cc(CC(=O)Nc3cc(C#N)cn3C(C)(C)C)nc12. The molecular weight excluding hydrogens is 314 g/mol. The number of rotatable bonds is 3. The molecule has 3 heterocycles. The largest absolute Gasteiger partial charge is 0.328 e. The molecule has 6 heteroatoms. The number of hydrogen-bond acceptors (Lipinski definition) is 3. The molecule has 0 saturated heterocycles. The second-order valence-electron chi connectivity index (χ2n) is 7.15. The Morgan fingerprint density at radius 2 is 2.12 bits per heavy atom. The molecule has 0 aliphatic rings. The maximum absolute atomic E-state index is 12.5. The van der Waals surface area contributed by atoms with Crippen molar-refractivity contribution in [3.05, 3.63) is 53.6 Å². The average molecular weight is 335 g/mol. The number of aromatic nitrogens is 3. The molecule has 0 unspecified atom stereocenters. The molecule has 0 aliphatic heterocycles. The van der Waals surface area contributed by atoms with Crippen molar-refractivity contribution in [1.82, 2.24) is 14.0 Å². The third-order valence-corrected chi connectivity index (χ3v) is 4.01. The fraction of sp³-hybridized carbons (Fsp3) is 0.316. The molecule has 3 aromatic rings. The molecule has 0 atom stereocenters. The first-order valence-electron chi connectivity index (χ1n) is 8.14. The maximum atomic E-state index is 12.5. The van der Waals surface area contributed by atoms with Crippen LogP contribution in [0.1, 0.15) is 37.6 Å². The Morgan fingerprint density at radius 3 is 2.76 bits per heavy atom. The Balaban J connectivity index is 1.82. The van der Waals surface area contributed by atoms with E-state index in [0.29, 0.717) is 17.1 Å². The number of fused-ring (bicyclic) bond motifs is 1. The summed E-state index contributed by atoms with van der Waals surface area (Å²) in [5.41, 5.74) is 2.91. The van der Waals surface area contributed by atoms with Crippen molar-refractivity contribution in [2.45, 2.75) is 39.7 Å². The van der Waals surface area contributed by atoms with E-state index in [4.69, 9.17) is 5.26 Å². The highest BCUT2D eigenvalue weighted by Gasteiger charge is 2.19. The summed E-state index contributed by atoms with van der Waals surface area (Å²) in [4.78, 5) is 17.0. The first-order chi connectivity index (χ1) is 11.8. The second kappa shape index (κ2) is 6.10. The van der Waals surface area contributed by atoms with Gasteiger partial charge in [-0.1, -0.05) is 6.07 Å². The van der Waals surface area contributed by atoms with E-state index in [2.05, 4.69) is 16.4 Å². The van der Waals surface area contributed by atoms with Crippen molar-refractivity contribution in [3.63, 3.8) is 0 Å². The highest BCUT2D eigenvalue weighted by Crippen LogP contribution is 2.24. The summed E-state index contributed by atoms with van der Waals surface area (Å²) in [6.07, 6.45) is 5.72. The number of amides is 1. The van der Waals surface area contributed by atoms with Gasteiger partial charge in [-0.05, 0) is 45.4 Å². The molecule has 3 rings (SSSR count). The van der Waals surface area contributed by atoms with Gasteiger partial charge in [-0.2, -0.15) is 5.26 Å². The molecule has 128 valence electrons. The van der Waals surface area contributed by atoms with E-state index in [9.17, 15) is 4.79 Å². The molecule has 0 spiro atoms. The third-order valence-electron chi connectivity index (χ3n) is 4.01. The van der Waals surface area contributed by atoms with E-state index in [1.165, 1.54) is 0 Å². The van der Waals surface area contributed by atoms with Crippen molar-refractivity contribution < 1.29 is 4.79 Å². The summed E-state index contributed by atoms with van der Waals surface area (Å²) < 4.78 is 3.82. The quantitative estimate of drug-likeness (QED) is 0.798. The maximum Gasteiger partial charge on any atom is 0.231 e. The number of carbonyl (C=O) groups is 1. The standard InChI is InChI=1S/C19H21N5O/c1-13-6-5-7-23-12-15(21-18(13)23)9-17(25)22-16-8-14(10-20)11-24(16)19(2,3)4/h5-8,11-12H,9H2,1-4H3,(H,22,25). The molecule has 0 aliphatic carbocycles. The predicted octanol–water partition coefficient (Wildman–Crippen LogP) is 3.25. The minimum Gasteiger partial charge on any atom is -0.328 e. The number of nitriles is 1. The monoisotopic (exact) mass is 335 g/mol. The van der Waals surface area contributed by atoms with Gasteiger partial charge in [0.25, 0.3) is 0 Å². The van der Waals surface area contributed by atoms with Gasteiger partial charge in [0.05, 0.1) is 17.7 Å². The van der Waals surface area contributed by atoms with E-state index in [0.717, 1.165) is 11.2 Å². The predicted molar refractivity (Wildman–Crippen MR) is 96.4 cm³/mol. The van der Waals surface area contributed by atoms with Gasteiger partial charge in [-0.25, -0.2) is 4.98 Å². The smallest absolute Gasteiger partial charge is 0.231 e. The van der Waals surface area contributed by atoms with Crippen molar-refractivity contribution in [2.24, 2.45) is 0 Å². The van der Waals surface area contributed by atoms with Crippen LogP contribution < -0.4 is 5.32 Å². The zero-order chi connectivity index (χ0) is 18.2. The van der Waals surface area contributed by atoms with Crippen LogP contribution in [0.5, 0.6) is 0 Å². The summed E-state index contributed by atoms with van der Waals surface area (Å²) in [5.74, 6) is 0.461. The lowest BCUT2D eigenvalue weighted by Crippen LogP contribution is -2.25. The van der Waals surface area contributed by atoms with Crippen LogP contribution in [0.25, 0.3) is 5.65 Å². The van der Waals surface area contributed by atoms with Crippen molar-refractivity contribution >= 4 is 17.4 Å². The van der Waals surface area contributed by atoms with Crippen LogP contribution >= 0.6 is 0 Å². The van der Waals surface area contributed by atoms with Crippen molar-refractivity contribution in [2.75, 3.05) is 5.32 Å². The molecule has 25 heavy (non-hydrogen) atoms. The number of nitrogens with one attached hydrogen (secondary N) is 1. The average Bonchev–Trinajstić information content (AvgIpc) is 3.11. The summed E-state index contributed by atoms with van der Waals surface area (Å²) >= 11 is 0. The number of pyridine rings is 1. The van der Waals surface area contributed by atoms with E-state index < -0.39 is 0 Å². The van der Waals surface area contributed by atoms with Crippen molar-refractivity contribution in [1.29, 1.82) is 5.26 Å². The van der Waals surface area contributed by atoms with Crippen LogP contribution in [0.3, 0.4) is 0 Å². The number of anilines is 1. The van der Waals surface area contributed by atoms with Crippen molar-refractivity contribution in [3.8, 4) is 6.07 Å². The Labute approximate surface area is 146 Å². The van der Waals surface area contributed by atoms with Crippen LogP contribution in [0, 0.1) is 18.3 Å².